The first kappa shape index (κ1) is 18.7. The van der Waals surface area contributed by atoms with E-state index in [0.717, 1.165) is 48.0 Å². The number of aryl methyl sites for hydroxylation is 2. The third-order valence-corrected chi connectivity index (χ3v) is 4.33. The van der Waals surface area contributed by atoms with Gasteiger partial charge in [-0.2, -0.15) is 10.1 Å². The lowest BCUT2D eigenvalue weighted by Crippen LogP contribution is -2.22. The average Bonchev–Trinajstić information content (AvgIpc) is 3.06. The van der Waals surface area contributed by atoms with Gasteiger partial charge in [-0.15, -0.1) is 0 Å². The molecule has 0 amide bonds. The topological polar surface area (TPSA) is 82.1 Å². The van der Waals surface area contributed by atoms with Gasteiger partial charge in [-0.1, -0.05) is 25.1 Å². The third kappa shape index (κ3) is 4.75. The summed E-state index contributed by atoms with van der Waals surface area (Å²) < 4.78 is 7.58. The van der Waals surface area contributed by atoms with Crippen molar-refractivity contribution in [3.05, 3.63) is 48.2 Å². The molecule has 3 rings (SSSR count). The van der Waals surface area contributed by atoms with Crippen LogP contribution in [0.25, 0.3) is 11.4 Å². The van der Waals surface area contributed by atoms with Crippen LogP contribution in [0.2, 0.25) is 0 Å². The lowest BCUT2D eigenvalue weighted by atomic mass is 10.2. The Bertz CT molecular complexity index is 877. The Morgan fingerprint density at radius 3 is 2.63 bits per heavy atom. The van der Waals surface area contributed by atoms with Crippen LogP contribution in [0.4, 0.5) is 11.8 Å². The summed E-state index contributed by atoms with van der Waals surface area (Å²) >= 11 is 0. The van der Waals surface area contributed by atoms with Gasteiger partial charge in [-0.3, -0.25) is 4.68 Å². The molecular weight excluding hydrogens is 340 g/mol. The highest BCUT2D eigenvalue weighted by atomic mass is 16.5. The molecule has 0 aliphatic rings. The number of para-hydroxylation sites is 1. The summed E-state index contributed by atoms with van der Waals surface area (Å²) in [4.78, 5) is 10.8. The number of hydrogen-bond donors (Lipinski definition) is 1. The van der Waals surface area contributed by atoms with Gasteiger partial charge in [-0.05, 0) is 31.0 Å². The van der Waals surface area contributed by atoms with Crippen LogP contribution >= 0.6 is 0 Å². The largest absolute Gasteiger partial charge is 0.494 e. The molecule has 0 spiro atoms. The van der Waals surface area contributed by atoms with Gasteiger partial charge in [0.05, 0.1) is 23.7 Å². The molecule has 7 nitrogen and oxygen atoms in total. The standard InChI is InChI=1S/C20H26N6O/c1-4-15-13-18(26(3)24-15)17-14-19(23-20(21)22-17)25(2)11-8-12-27-16-9-6-5-7-10-16/h5-7,9-10,13-14H,4,8,11-12H2,1-3H3,(H2,21,22,23). The summed E-state index contributed by atoms with van der Waals surface area (Å²) in [7, 11) is 3.91. The molecule has 0 saturated carbocycles. The normalized spacial score (nSPS) is 10.8. The van der Waals surface area contributed by atoms with Gasteiger partial charge < -0.3 is 15.4 Å². The number of nitrogens with zero attached hydrogens (tertiary/aromatic N) is 5. The highest BCUT2D eigenvalue weighted by Gasteiger charge is 2.13. The van der Waals surface area contributed by atoms with Crippen molar-refractivity contribution in [2.75, 3.05) is 30.8 Å². The van der Waals surface area contributed by atoms with Crippen molar-refractivity contribution in [1.29, 1.82) is 0 Å². The van der Waals surface area contributed by atoms with E-state index in [-0.39, 0.29) is 5.95 Å². The Kier molecular flexibility index (Phi) is 5.90. The predicted molar refractivity (Wildman–Crippen MR) is 108 cm³/mol. The van der Waals surface area contributed by atoms with Crippen molar-refractivity contribution in [3.8, 4) is 17.1 Å². The molecule has 0 aliphatic carbocycles. The lowest BCUT2D eigenvalue weighted by molar-refractivity contribution is 0.312. The number of ether oxygens (including phenoxy) is 1. The van der Waals surface area contributed by atoms with Crippen molar-refractivity contribution >= 4 is 11.8 Å². The molecule has 1 aromatic carbocycles. The molecule has 2 aromatic heterocycles. The number of rotatable bonds is 8. The summed E-state index contributed by atoms with van der Waals surface area (Å²) in [6.07, 6.45) is 1.75. The van der Waals surface area contributed by atoms with Crippen molar-refractivity contribution < 1.29 is 4.74 Å². The third-order valence-electron chi connectivity index (χ3n) is 4.33. The summed E-state index contributed by atoms with van der Waals surface area (Å²) in [6, 6.07) is 13.8. The van der Waals surface area contributed by atoms with Crippen LogP contribution in [-0.4, -0.2) is 39.9 Å². The molecule has 0 aliphatic heterocycles. The number of nitrogens with two attached hydrogens (primary N) is 1. The molecule has 2 N–H and O–H groups in total. The highest BCUT2D eigenvalue weighted by molar-refractivity contribution is 5.61. The maximum absolute atomic E-state index is 5.95. The quantitative estimate of drug-likeness (QED) is 0.617. The molecule has 0 radical (unpaired) electrons. The first-order chi connectivity index (χ1) is 13.1. The van der Waals surface area contributed by atoms with Gasteiger partial charge in [0.2, 0.25) is 5.95 Å². The van der Waals surface area contributed by atoms with Gasteiger partial charge in [0.1, 0.15) is 11.6 Å². The molecule has 7 heteroatoms. The van der Waals surface area contributed by atoms with E-state index in [4.69, 9.17) is 10.5 Å². The van der Waals surface area contributed by atoms with Crippen LogP contribution in [-0.2, 0) is 13.5 Å². The molecule has 0 saturated heterocycles. The van der Waals surface area contributed by atoms with E-state index in [1.807, 2.05) is 61.2 Å². The van der Waals surface area contributed by atoms with Crippen LogP contribution in [0, 0.1) is 0 Å². The van der Waals surface area contributed by atoms with E-state index in [1.165, 1.54) is 0 Å². The average molecular weight is 366 g/mol. The minimum atomic E-state index is 0.258. The minimum absolute atomic E-state index is 0.258. The number of nitrogen functional groups attached to an aromatic ring is 1. The van der Waals surface area contributed by atoms with Gasteiger partial charge in [0.25, 0.3) is 0 Å². The fourth-order valence-corrected chi connectivity index (χ4v) is 2.84. The zero-order chi connectivity index (χ0) is 19.2. The van der Waals surface area contributed by atoms with E-state index >= 15 is 0 Å². The molecular formula is C20H26N6O. The highest BCUT2D eigenvalue weighted by Crippen LogP contribution is 2.23. The fourth-order valence-electron chi connectivity index (χ4n) is 2.84. The zero-order valence-electron chi connectivity index (χ0n) is 16.1. The molecule has 0 bridgehead atoms. The van der Waals surface area contributed by atoms with Gasteiger partial charge >= 0.3 is 0 Å². The van der Waals surface area contributed by atoms with Crippen molar-refractivity contribution in [3.63, 3.8) is 0 Å². The Morgan fingerprint density at radius 1 is 1.15 bits per heavy atom. The van der Waals surface area contributed by atoms with Crippen molar-refractivity contribution in [2.24, 2.45) is 7.05 Å². The summed E-state index contributed by atoms with van der Waals surface area (Å²) in [5.74, 6) is 1.93. The first-order valence-corrected chi connectivity index (χ1v) is 9.13. The molecule has 0 atom stereocenters. The maximum Gasteiger partial charge on any atom is 0.222 e. The molecule has 142 valence electrons. The Morgan fingerprint density at radius 2 is 1.93 bits per heavy atom. The smallest absolute Gasteiger partial charge is 0.222 e. The Hall–Kier alpha value is -3.09. The van der Waals surface area contributed by atoms with Crippen LogP contribution < -0.4 is 15.4 Å². The van der Waals surface area contributed by atoms with Gasteiger partial charge in [0.15, 0.2) is 0 Å². The maximum atomic E-state index is 5.95. The summed E-state index contributed by atoms with van der Waals surface area (Å²) in [6.45, 7) is 3.52. The predicted octanol–water partition coefficient (Wildman–Crippen LogP) is 2.93. The molecule has 0 fully saturated rings. The summed E-state index contributed by atoms with van der Waals surface area (Å²) in [5.41, 5.74) is 8.69. The Balaban J connectivity index is 1.65. The minimum Gasteiger partial charge on any atom is -0.494 e. The molecule has 2 heterocycles. The van der Waals surface area contributed by atoms with Crippen LogP contribution in [0.15, 0.2) is 42.5 Å². The first-order valence-electron chi connectivity index (χ1n) is 9.13. The van der Waals surface area contributed by atoms with Gasteiger partial charge in [-0.25, -0.2) is 4.98 Å². The number of anilines is 2. The van der Waals surface area contributed by atoms with Gasteiger partial charge in [0, 0.05) is 26.7 Å². The fraction of sp³-hybridized carbons (Fsp3) is 0.350. The van der Waals surface area contributed by atoms with Crippen LogP contribution in [0.5, 0.6) is 5.75 Å². The number of benzene rings is 1. The zero-order valence-corrected chi connectivity index (χ0v) is 16.1. The van der Waals surface area contributed by atoms with E-state index in [1.54, 1.807) is 0 Å². The second kappa shape index (κ2) is 8.53. The monoisotopic (exact) mass is 366 g/mol. The second-order valence-electron chi connectivity index (χ2n) is 6.40. The van der Waals surface area contributed by atoms with Crippen LogP contribution in [0.1, 0.15) is 19.0 Å². The van der Waals surface area contributed by atoms with E-state index in [2.05, 4.69) is 26.9 Å². The second-order valence-corrected chi connectivity index (χ2v) is 6.40. The van der Waals surface area contributed by atoms with E-state index in [0.29, 0.717) is 6.61 Å². The Labute approximate surface area is 159 Å². The van der Waals surface area contributed by atoms with E-state index < -0.39 is 0 Å². The lowest BCUT2D eigenvalue weighted by Gasteiger charge is -2.19. The summed E-state index contributed by atoms with van der Waals surface area (Å²) in [5, 5.41) is 4.48. The van der Waals surface area contributed by atoms with Crippen molar-refractivity contribution in [1.82, 2.24) is 19.7 Å². The molecule has 0 unspecified atom stereocenters. The molecule has 3 aromatic rings. The molecule has 27 heavy (non-hydrogen) atoms. The van der Waals surface area contributed by atoms with Crippen molar-refractivity contribution in [2.45, 2.75) is 19.8 Å². The number of hydrogen-bond acceptors (Lipinski definition) is 6. The van der Waals surface area contributed by atoms with Crippen LogP contribution in [0.3, 0.4) is 0 Å². The van der Waals surface area contributed by atoms with E-state index in [9.17, 15) is 0 Å². The SMILES string of the molecule is CCc1cc(-c2cc(N(C)CCCOc3ccccc3)nc(N)n2)n(C)n1. The number of aromatic nitrogens is 4.